The third kappa shape index (κ3) is 4.79. The van der Waals surface area contributed by atoms with Crippen LogP contribution in [-0.2, 0) is 19.6 Å². The minimum atomic E-state index is -3.61. The van der Waals surface area contributed by atoms with Crippen molar-refractivity contribution in [3.8, 4) is 0 Å². The maximum absolute atomic E-state index is 12.8. The molecular formula is C17H25N3O4S. The van der Waals surface area contributed by atoms with Crippen LogP contribution in [0.15, 0.2) is 29.2 Å². The molecule has 7 nitrogen and oxygen atoms in total. The molecule has 1 aliphatic heterocycles. The summed E-state index contributed by atoms with van der Waals surface area (Å²) in [7, 11) is -3.61. The molecule has 1 aromatic rings. The van der Waals surface area contributed by atoms with Gasteiger partial charge in [0.2, 0.25) is 10.0 Å². The van der Waals surface area contributed by atoms with E-state index in [0.717, 1.165) is 18.4 Å². The Morgan fingerprint density at radius 1 is 1.16 bits per heavy atom. The second kappa shape index (κ2) is 8.44. The predicted octanol–water partition coefficient (Wildman–Crippen LogP) is 0.791. The minimum Gasteiger partial charge on any atom is -0.348 e. The average Bonchev–Trinajstić information content (AvgIpc) is 3.07. The Bertz CT molecular complexity index is 716. The first kappa shape index (κ1) is 19.4. The molecule has 1 saturated heterocycles. The number of rotatable bonds is 6. The van der Waals surface area contributed by atoms with Gasteiger partial charge in [-0.2, -0.15) is 4.31 Å². The molecule has 0 radical (unpaired) electrons. The van der Waals surface area contributed by atoms with Gasteiger partial charge in [-0.25, -0.2) is 8.42 Å². The highest BCUT2D eigenvalue weighted by Crippen LogP contribution is 2.25. The summed E-state index contributed by atoms with van der Waals surface area (Å²) in [5, 5.41) is 5.04. The Balaban J connectivity index is 2.01. The van der Waals surface area contributed by atoms with Crippen molar-refractivity contribution in [2.24, 2.45) is 0 Å². The minimum absolute atomic E-state index is 0.128. The molecule has 1 fully saturated rings. The van der Waals surface area contributed by atoms with Crippen molar-refractivity contribution < 1.29 is 18.0 Å². The number of benzene rings is 1. The monoisotopic (exact) mass is 367 g/mol. The van der Waals surface area contributed by atoms with Gasteiger partial charge in [0.25, 0.3) is 0 Å². The summed E-state index contributed by atoms with van der Waals surface area (Å²) < 4.78 is 27.0. The van der Waals surface area contributed by atoms with Crippen molar-refractivity contribution in [3.05, 3.63) is 29.8 Å². The van der Waals surface area contributed by atoms with Gasteiger partial charge in [0, 0.05) is 25.7 Å². The van der Waals surface area contributed by atoms with Crippen molar-refractivity contribution in [2.45, 2.75) is 44.0 Å². The standard InChI is InChI=1S/C17H25N3O4S/c1-3-10-18-16(21)17(22)19-12-14-5-4-11-20(14)25(23,24)15-8-6-13(2)7-9-15/h6-9,14H,3-5,10-12H2,1-2H3,(H,18,21)(H,19,22). The molecule has 25 heavy (non-hydrogen) atoms. The maximum Gasteiger partial charge on any atom is 0.309 e. The van der Waals surface area contributed by atoms with Crippen LogP contribution in [0.25, 0.3) is 0 Å². The molecule has 1 aliphatic rings. The number of sulfonamides is 1. The topological polar surface area (TPSA) is 95.6 Å². The molecule has 1 aromatic carbocycles. The van der Waals surface area contributed by atoms with E-state index in [2.05, 4.69) is 10.6 Å². The summed E-state index contributed by atoms with van der Waals surface area (Å²) in [6.07, 6.45) is 2.12. The highest BCUT2D eigenvalue weighted by atomic mass is 32.2. The summed E-state index contributed by atoms with van der Waals surface area (Å²) in [5.74, 6) is -1.42. The van der Waals surface area contributed by atoms with Crippen LogP contribution >= 0.6 is 0 Å². The highest BCUT2D eigenvalue weighted by Gasteiger charge is 2.35. The third-order valence-electron chi connectivity index (χ3n) is 4.19. The Kier molecular flexibility index (Phi) is 6.55. The third-order valence-corrected chi connectivity index (χ3v) is 6.16. The van der Waals surface area contributed by atoms with Gasteiger partial charge in [-0.3, -0.25) is 9.59 Å². The van der Waals surface area contributed by atoms with Crippen LogP contribution in [0.4, 0.5) is 0 Å². The van der Waals surface area contributed by atoms with E-state index in [1.165, 1.54) is 4.31 Å². The molecule has 2 N–H and O–H groups in total. The molecule has 2 amide bonds. The summed E-state index contributed by atoms with van der Waals surface area (Å²) in [4.78, 5) is 23.6. The lowest BCUT2D eigenvalue weighted by atomic mass is 10.2. The Morgan fingerprint density at radius 3 is 2.44 bits per heavy atom. The van der Waals surface area contributed by atoms with Gasteiger partial charge in [0.1, 0.15) is 0 Å². The average molecular weight is 367 g/mol. The van der Waals surface area contributed by atoms with E-state index in [0.29, 0.717) is 19.5 Å². The molecule has 0 bridgehead atoms. The van der Waals surface area contributed by atoms with Gasteiger partial charge in [0.05, 0.1) is 4.90 Å². The molecule has 8 heteroatoms. The van der Waals surface area contributed by atoms with E-state index in [1.807, 2.05) is 13.8 Å². The molecule has 2 rings (SSSR count). The molecule has 0 aromatic heterocycles. The van der Waals surface area contributed by atoms with E-state index in [9.17, 15) is 18.0 Å². The zero-order valence-corrected chi connectivity index (χ0v) is 15.4. The fraction of sp³-hybridized carbons (Fsp3) is 0.529. The second-order valence-electron chi connectivity index (χ2n) is 6.19. The molecule has 1 heterocycles. The van der Waals surface area contributed by atoms with Crippen LogP contribution in [0.3, 0.4) is 0 Å². The Hall–Kier alpha value is -1.93. The number of amides is 2. The van der Waals surface area contributed by atoms with Crippen LogP contribution in [0.5, 0.6) is 0 Å². The fourth-order valence-corrected chi connectivity index (χ4v) is 4.48. The first-order valence-electron chi connectivity index (χ1n) is 8.50. The molecule has 0 spiro atoms. The fourth-order valence-electron chi connectivity index (χ4n) is 2.78. The molecule has 0 aliphatic carbocycles. The molecule has 1 atom stereocenters. The van der Waals surface area contributed by atoms with Gasteiger partial charge in [0.15, 0.2) is 0 Å². The van der Waals surface area contributed by atoms with E-state index in [-0.39, 0.29) is 17.5 Å². The lowest BCUT2D eigenvalue weighted by Gasteiger charge is -2.24. The highest BCUT2D eigenvalue weighted by molar-refractivity contribution is 7.89. The summed E-state index contributed by atoms with van der Waals surface area (Å²) in [6.45, 7) is 4.77. The Morgan fingerprint density at radius 2 is 1.80 bits per heavy atom. The molecule has 1 unspecified atom stereocenters. The van der Waals surface area contributed by atoms with Crippen molar-refractivity contribution >= 4 is 21.8 Å². The van der Waals surface area contributed by atoms with E-state index < -0.39 is 21.8 Å². The maximum atomic E-state index is 12.8. The zero-order valence-electron chi connectivity index (χ0n) is 14.6. The van der Waals surface area contributed by atoms with Gasteiger partial charge < -0.3 is 10.6 Å². The number of carbonyl (C=O) groups excluding carboxylic acids is 2. The summed E-state index contributed by atoms with van der Waals surface area (Å²) in [6, 6.07) is 6.37. The van der Waals surface area contributed by atoms with Gasteiger partial charge >= 0.3 is 11.8 Å². The first-order chi connectivity index (χ1) is 11.9. The number of hydrogen-bond acceptors (Lipinski definition) is 4. The van der Waals surface area contributed by atoms with E-state index in [4.69, 9.17) is 0 Å². The molecule has 0 saturated carbocycles. The van der Waals surface area contributed by atoms with Crippen molar-refractivity contribution in [1.29, 1.82) is 0 Å². The van der Waals surface area contributed by atoms with E-state index >= 15 is 0 Å². The molecule has 138 valence electrons. The van der Waals surface area contributed by atoms with Crippen LogP contribution < -0.4 is 10.6 Å². The van der Waals surface area contributed by atoms with Gasteiger partial charge in [-0.05, 0) is 38.3 Å². The second-order valence-corrected chi connectivity index (χ2v) is 8.08. The van der Waals surface area contributed by atoms with E-state index in [1.54, 1.807) is 24.3 Å². The SMILES string of the molecule is CCCNC(=O)C(=O)NCC1CCCN1S(=O)(=O)c1ccc(C)cc1. The number of nitrogens with zero attached hydrogens (tertiary/aromatic N) is 1. The first-order valence-corrected chi connectivity index (χ1v) is 9.94. The number of carbonyl (C=O) groups is 2. The largest absolute Gasteiger partial charge is 0.348 e. The molecular weight excluding hydrogens is 342 g/mol. The van der Waals surface area contributed by atoms with Crippen LogP contribution in [-0.4, -0.2) is 50.2 Å². The zero-order chi connectivity index (χ0) is 18.4. The Labute approximate surface area is 148 Å². The summed E-state index contributed by atoms with van der Waals surface area (Å²) >= 11 is 0. The van der Waals surface area contributed by atoms with Gasteiger partial charge in [-0.1, -0.05) is 24.6 Å². The van der Waals surface area contributed by atoms with Crippen LogP contribution in [0.2, 0.25) is 0 Å². The number of aryl methyl sites for hydroxylation is 1. The smallest absolute Gasteiger partial charge is 0.309 e. The number of nitrogens with one attached hydrogen (secondary N) is 2. The lowest BCUT2D eigenvalue weighted by Crippen LogP contribution is -2.47. The lowest BCUT2D eigenvalue weighted by molar-refractivity contribution is -0.139. The number of hydrogen-bond donors (Lipinski definition) is 2. The summed E-state index contributed by atoms with van der Waals surface area (Å²) in [5.41, 5.74) is 0.988. The van der Waals surface area contributed by atoms with Crippen LogP contribution in [0.1, 0.15) is 31.7 Å². The van der Waals surface area contributed by atoms with Crippen molar-refractivity contribution in [2.75, 3.05) is 19.6 Å². The van der Waals surface area contributed by atoms with Gasteiger partial charge in [-0.15, -0.1) is 0 Å². The van der Waals surface area contributed by atoms with Crippen LogP contribution in [0, 0.1) is 6.92 Å². The van der Waals surface area contributed by atoms with Crippen molar-refractivity contribution in [3.63, 3.8) is 0 Å². The van der Waals surface area contributed by atoms with Crippen molar-refractivity contribution in [1.82, 2.24) is 14.9 Å². The quantitative estimate of drug-likeness (QED) is 0.727. The normalized spacial score (nSPS) is 18.1. The predicted molar refractivity (Wildman–Crippen MR) is 94.4 cm³/mol.